The van der Waals surface area contributed by atoms with Crippen LogP contribution in [-0.2, 0) is 14.3 Å². The summed E-state index contributed by atoms with van der Waals surface area (Å²) in [5, 5.41) is 9.84. The maximum absolute atomic E-state index is 11.8. The third-order valence-corrected chi connectivity index (χ3v) is 2.43. The molecule has 1 N–H and O–H groups in total. The average molecular weight is 252 g/mol. The number of hydrogen-bond donors (Lipinski definition) is 1. The highest BCUT2D eigenvalue weighted by molar-refractivity contribution is 6.62. The van der Waals surface area contributed by atoms with E-state index in [-0.39, 0.29) is 5.76 Å². The predicted octanol–water partition coefficient (Wildman–Crippen LogP) is 0.362. The van der Waals surface area contributed by atoms with Gasteiger partial charge in [-0.25, -0.2) is 4.79 Å². The largest absolute Gasteiger partial charge is 0.467 e. The molecule has 1 heterocycles. The van der Waals surface area contributed by atoms with Crippen molar-refractivity contribution in [1.29, 1.82) is 0 Å². The molecule has 0 aliphatic heterocycles. The lowest BCUT2D eigenvalue weighted by Crippen LogP contribution is -2.33. The predicted molar refractivity (Wildman–Crippen MR) is 58.5 cm³/mol. The highest BCUT2D eigenvalue weighted by Gasteiger charge is 2.38. The molecule has 0 aromatic carbocycles. The molecule has 18 heavy (non-hydrogen) atoms. The van der Waals surface area contributed by atoms with Crippen molar-refractivity contribution in [2.24, 2.45) is 5.92 Å². The first-order chi connectivity index (χ1) is 8.52. The molecule has 0 saturated carbocycles. The lowest BCUT2D eigenvalue weighted by molar-refractivity contribution is -0.141. The van der Waals surface area contributed by atoms with Crippen molar-refractivity contribution < 1.29 is 28.6 Å². The van der Waals surface area contributed by atoms with E-state index in [0.29, 0.717) is 0 Å². The number of ether oxygens (including phenoxy) is 1. The first kappa shape index (κ1) is 13.8. The van der Waals surface area contributed by atoms with Gasteiger partial charge in [-0.05, 0) is 12.1 Å². The molecule has 1 rings (SSSR count). The number of carbonyl (C=O) groups is 2. The number of nitrogens with zero attached hydrogens (tertiary/aromatic N) is 2. The summed E-state index contributed by atoms with van der Waals surface area (Å²) in [5.74, 6) is -2.74. The molecule has 96 valence electrons. The van der Waals surface area contributed by atoms with E-state index >= 15 is 0 Å². The molecule has 0 bridgehead atoms. The molecule has 0 fully saturated rings. The SMILES string of the molecule is COC(=O)C(=[N+]=[N-])C(=O)C(C)C(O)c1ccco1. The van der Waals surface area contributed by atoms with Crippen LogP contribution < -0.4 is 0 Å². The fourth-order valence-corrected chi connectivity index (χ4v) is 1.35. The Balaban J connectivity index is 2.90. The van der Waals surface area contributed by atoms with Crippen LogP contribution in [0.3, 0.4) is 0 Å². The van der Waals surface area contributed by atoms with E-state index in [1.807, 2.05) is 0 Å². The second-order valence-corrected chi connectivity index (χ2v) is 3.55. The summed E-state index contributed by atoms with van der Waals surface area (Å²) in [7, 11) is 1.05. The van der Waals surface area contributed by atoms with Gasteiger partial charge in [0, 0.05) is 0 Å². The molecule has 1 aromatic heterocycles. The van der Waals surface area contributed by atoms with Crippen molar-refractivity contribution in [3.8, 4) is 0 Å². The van der Waals surface area contributed by atoms with Crippen LogP contribution >= 0.6 is 0 Å². The van der Waals surface area contributed by atoms with Gasteiger partial charge in [0.15, 0.2) is 0 Å². The Morgan fingerprint density at radius 3 is 2.67 bits per heavy atom. The van der Waals surface area contributed by atoms with Gasteiger partial charge in [-0.3, -0.25) is 4.79 Å². The van der Waals surface area contributed by atoms with Crippen molar-refractivity contribution in [2.45, 2.75) is 13.0 Å². The van der Waals surface area contributed by atoms with Crippen molar-refractivity contribution in [3.63, 3.8) is 0 Å². The molecule has 1 aromatic rings. The first-order valence-electron chi connectivity index (χ1n) is 5.09. The maximum atomic E-state index is 11.8. The van der Waals surface area contributed by atoms with Crippen LogP contribution in [-0.4, -0.2) is 34.5 Å². The Hall–Kier alpha value is -2.24. The number of esters is 1. The van der Waals surface area contributed by atoms with Crippen LogP contribution in [0.4, 0.5) is 0 Å². The van der Waals surface area contributed by atoms with Gasteiger partial charge in [-0.2, -0.15) is 4.79 Å². The second-order valence-electron chi connectivity index (χ2n) is 3.55. The van der Waals surface area contributed by atoms with Crippen LogP contribution in [0.25, 0.3) is 5.53 Å². The zero-order valence-electron chi connectivity index (χ0n) is 9.86. The minimum absolute atomic E-state index is 0.179. The van der Waals surface area contributed by atoms with E-state index in [0.717, 1.165) is 7.11 Å². The fourth-order valence-electron chi connectivity index (χ4n) is 1.35. The third kappa shape index (κ3) is 2.71. The minimum Gasteiger partial charge on any atom is -0.467 e. The van der Waals surface area contributed by atoms with E-state index in [4.69, 9.17) is 9.95 Å². The molecule has 0 aliphatic carbocycles. The van der Waals surface area contributed by atoms with Crippen LogP contribution in [0, 0.1) is 5.92 Å². The molecular formula is C11H12N2O5. The summed E-state index contributed by atoms with van der Waals surface area (Å²) in [6.07, 6.45) is 0.103. The molecule has 2 atom stereocenters. The van der Waals surface area contributed by atoms with Crippen LogP contribution in [0.1, 0.15) is 18.8 Å². The highest BCUT2D eigenvalue weighted by Crippen LogP contribution is 2.23. The number of rotatable bonds is 5. The summed E-state index contributed by atoms with van der Waals surface area (Å²) >= 11 is 0. The molecule has 0 amide bonds. The van der Waals surface area contributed by atoms with Crippen LogP contribution in [0.15, 0.2) is 22.8 Å². The molecule has 2 unspecified atom stereocenters. The number of Topliss-reactive ketones (excluding diaryl/α,β-unsaturated/α-hetero) is 1. The standard InChI is InChI=1S/C11H12N2O5/c1-6(9(14)7-4-3-5-18-7)10(15)8(13-12)11(16)17-2/h3-6,9,14H,1-2H3. The second kappa shape index (κ2) is 5.90. The van der Waals surface area contributed by atoms with Crippen molar-refractivity contribution in [3.05, 3.63) is 29.7 Å². The van der Waals surface area contributed by atoms with E-state index < -0.39 is 29.5 Å². The van der Waals surface area contributed by atoms with Gasteiger partial charge in [-0.1, -0.05) is 6.92 Å². The minimum atomic E-state index is -1.24. The zero-order valence-corrected chi connectivity index (χ0v) is 9.86. The Kier molecular flexibility index (Phi) is 4.53. The Morgan fingerprint density at radius 1 is 1.56 bits per heavy atom. The number of methoxy groups -OCH3 is 1. The topological polar surface area (TPSA) is 113 Å². The number of ketones is 1. The van der Waals surface area contributed by atoms with E-state index in [9.17, 15) is 14.7 Å². The van der Waals surface area contributed by atoms with Crippen LogP contribution in [0.2, 0.25) is 0 Å². The van der Waals surface area contributed by atoms with Gasteiger partial charge >= 0.3 is 11.7 Å². The Labute approximate surface area is 103 Å². The molecule has 0 aliphatic rings. The van der Waals surface area contributed by atoms with Gasteiger partial charge < -0.3 is 19.8 Å². The van der Waals surface area contributed by atoms with E-state index in [1.165, 1.54) is 19.3 Å². The van der Waals surface area contributed by atoms with E-state index in [2.05, 4.69) is 9.53 Å². The maximum Gasteiger partial charge on any atom is 0.441 e. The lowest BCUT2D eigenvalue weighted by atomic mass is 9.95. The number of carbonyl (C=O) groups excluding carboxylic acids is 2. The van der Waals surface area contributed by atoms with Gasteiger partial charge in [0.2, 0.25) is 0 Å². The molecule has 7 nitrogen and oxygen atoms in total. The number of aliphatic hydroxyl groups excluding tert-OH is 1. The molecule has 0 spiro atoms. The van der Waals surface area contributed by atoms with Crippen molar-refractivity contribution in [1.82, 2.24) is 0 Å². The zero-order chi connectivity index (χ0) is 13.7. The smallest absolute Gasteiger partial charge is 0.441 e. The number of aliphatic hydroxyl groups is 1. The quantitative estimate of drug-likeness (QED) is 0.267. The van der Waals surface area contributed by atoms with Gasteiger partial charge in [0.05, 0.1) is 19.3 Å². The highest BCUT2D eigenvalue weighted by atomic mass is 16.5. The van der Waals surface area contributed by atoms with Crippen LogP contribution in [0.5, 0.6) is 0 Å². The normalized spacial score (nSPS) is 13.3. The summed E-state index contributed by atoms with van der Waals surface area (Å²) in [6, 6.07) is 3.04. The summed E-state index contributed by atoms with van der Waals surface area (Å²) in [5.41, 5.74) is 7.85. The van der Waals surface area contributed by atoms with Gasteiger partial charge in [-0.15, -0.1) is 0 Å². The summed E-state index contributed by atoms with van der Waals surface area (Å²) in [4.78, 5) is 25.6. The lowest BCUT2D eigenvalue weighted by Gasteiger charge is -2.12. The third-order valence-electron chi connectivity index (χ3n) is 2.43. The Bertz CT molecular complexity index is 488. The van der Waals surface area contributed by atoms with Crippen molar-refractivity contribution >= 4 is 17.5 Å². The van der Waals surface area contributed by atoms with Crippen molar-refractivity contribution in [2.75, 3.05) is 7.11 Å². The Morgan fingerprint density at radius 2 is 2.22 bits per heavy atom. The summed E-state index contributed by atoms with van der Waals surface area (Å²) in [6.45, 7) is 1.38. The van der Waals surface area contributed by atoms with Gasteiger partial charge in [0.25, 0.3) is 5.78 Å². The molecule has 0 saturated heterocycles. The van der Waals surface area contributed by atoms with Gasteiger partial charge in [0.1, 0.15) is 11.9 Å². The number of furan rings is 1. The van der Waals surface area contributed by atoms with E-state index in [1.54, 1.807) is 6.07 Å². The summed E-state index contributed by atoms with van der Waals surface area (Å²) < 4.78 is 9.24. The molecule has 0 radical (unpaired) electrons. The first-order valence-corrected chi connectivity index (χ1v) is 5.09. The number of hydrogen-bond acceptors (Lipinski definition) is 5. The fraction of sp³-hybridized carbons (Fsp3) is 0.364. The molecular weight excluding hydrogens is 240 g/mol. The average Bonchev–Trinajstić information content (AvgIpc) is 2.91. The molecule has 7 heteroatoms. The monoisotopic (exact) mass is 252 g/mol.